The number of urea groups is 1. The number of fused-ring (bicyclic) bond motifs is 1. The number of amides is 2. The second-order valence-electron chi connectivity index (χ2n) is 5.99. The number of aromatic nitrogens is 2. The summed E-state index contributed by atoms with van der Waals surface area (Å²) in [5.41, 5.74) is 0.358. The van der Waals surface area contributed by atoms with Crippen LogP contribution in [-0.4, -0.2) is 22.0 Å². The average Bonchev–Trinajstić information content (AvgIpc) is 2.92. The molecule has 1 atom stereocenters. The van der Waals surface area contributed by atoms with Crippen LogP contribution in [0.3, 0.4) is 0 Å². The Bertz CT molecular complexity index is 797. The number of carbonyl (C=O) groups excluding carboxylic acids is 1. The van der Waals surface area contributed by atoms with Gasteiger partial charge >= 0.3 is 12.2 Å². The topological polar surface area (TPSA) is 59.0 Å². The summed E-state index contributed by atoms with van der Waals surface area (Å²) in [6, 6.07) is 1.65. The molecule has 1 aliphatic carbocycles. The summed E-state index contributed by atoms with van der Waals surface area (Å²) in [5, 5.41) is 8.52. The first-order valence-corrected chi connectivity index (χ1v) is 7.87. The second-order valence-corrected chi connectivity index (χ2v) is 5.99. The molecule has 2 amide bonds. The Balaban J connectivity index is 1.72. The van der Waals surface area contributed by atoms with Crippen LogP contribution in [0.2, 0.25) is 0 Å². The van der Waals surface area contributed by atoms with E-state index in [1.54, 1.807) is 0 Å². The SMILES string of the molecule is O=C(Nc1c(F)cccc1F)N[C@H]1CCCc2cn(CC(F)(F)F)nc21. The van der Waals surface area contributed by atoms with Gasteiger partial charge in [-0.15, -0.1) is 0 Å². The van der Waals surface area contributed by atoms with Crippen LogP contribution < -0.4 is 10.6 Å². The maximum atomic E-state index is 13.6. The first kappa shape index (κ1) is 18.2. The first-order chi connectivity index (χ1) is 12.2. The molecule has 0 unspecified atom stereocenters. The molecule has 0 saturated carbocycles. The largest absolute Gasteiger partial charge is 0.408 e. The maximum Gasteiger partial charge on any atom is 0.408 e. The zero-order chi connectivity index (χ0) is 18.9. The third-order valence-corrected chi connectivity index (χ3v) is 3.99. The van der Waals surface area contributed by atoms with Gasteiger partial charge in [0.25, 0.3) is 0 Å². The van der Waals surface area contributed by atoms with Gasteiger partial charge in [0.15, 0.2) is 0 Å². The first-order valence-electron chi connectivity index (χ1n) is 7.87. The highest BCUT2D eigenvalue weighted by atomic mass is 19.4. The van der Waals surface area contributed by atoms with Gasteiger partial charge in [0.05, 0.1) is 11.7 Å². The monoisotopic (exact) mass is 374 g/mol. The van der Waals surface area contributed by atoms with Crippen molar-refractivity contribution in [3.8, 4) is 0 Å². The lowest BCUT2D eigenvalue weighted by molar-refractivity contribution is -0.142. The molecular weight excluding hydrogens is 359 g/mol. The van der Waals surface area contributed by atoms with Crippen LogP contribution in [0.4, 0.5) is 32.4 Å². The van der Waals surface area contributed by atoms with Crippen molar-refractivity contribution in [2.75, 3.05) is 5.32 Å². The number of para-hydroxylation sites is 1. The van der Waals surface area contributed by atoms with E-state index in [-0.39, 0.29) is 0 Å². The van der Waals surface area contributed by atoms with Crippen LogP contribution in [0.5, 0.6) is 0 Å². The molecule has 1 heterocycles. The predicted molar refractivity (Wildman–Crippen MR) is 82.5 cm³/mol. The van der Waals surface area contributed by atoms with Gasteiger partial charge in [0, 0.05) is 6.20 Å². The summed E-state index contributed by atoms with van der Waals surface area (Å²) in [6.07, 6.45) is -1.44. The van der Waals surface area contributed by atoms with Crippen molar-refractivity contribution < 1.29 is 26.7 Å². The quantitative estimate of drug-likeness (QED) is 0.800. The van der Waals surface area contributed by atoms with Gasteiger partial charge in [-0.2, -0.15) is 18.3 Å². The van der Waals surface area contributed by atoms with Gasteiger partial charge < -0.3 is 10.6 Å². The molecule has 1 aliphatic rings. The minimum absolute atomic E-state index is 0.338. The van der Waals surface area contributed by atoms with E-state index in [0.29, 0.717) is 30.5 Å². The van der Waals surface area contributed by atoms with Crippen molar-refractivity contribution in [1.29, 1.82) is 0 Å². The van der Waals surface area contributed by atoms with Crippen molar-refractivity contribution in [2.45, 2.75) is 38.0 Å². The fourth-order valence-corrected chi connectivity index (χ4v) is 2.93. The van der Waals surface area contributed by atoms with Crippen molar-refractivity contribution in [3.63, 3.8) is 0 Å². The third kappa shape index (κ3) is 4.12. The molecule has 0 radical (unpaired) electrons. The molecular formula is C16H15F5N4O. The Labute approximate surface area is 145 Å². The van der Waals surface area contributed by atoms with E-state index in [9.17, 15) is 26.7 Å². The minimum Gasteiger partial charge on any atom is -0.329 e. The van der Waals surface area contributed by atoms with E-state index >= 15 is 0 Å². The number of benzene rings is 1. The van der Waals surface area contributed by atoms with Gasteiger partial charge in [-0.1, -0.05) is 6.07 Å². The van der Waals surface area contributed by atoms with Crippen molar-refractivity contribution in [2.24, 2.45) is 0 Å². The highest BCUT2D eigenvalue weighted by molar-refractivity contribution is 5.89. The zero-order valence-electron chi connectivity index (χ0n) is 13.4. The number of nitrogens with zero attached hydrogens (tertiary/aromatic N) is 2. The van der Waals surface area contributed by atoms with E-state index < -0.39 is 42.1 Å². The van der Waals surface area contributed by atoms with E-state index in [4.69, 9.17) is 0 Å². The standard InChI is InChI=1S/C16H15F5N4O/c17-10-4-2-5-11(18)14(10)23-15(26)22-12-6-1-3-9-7-25(24-13(9)12)8-16(19,20)21/h2,4-5,7,12H,1,3,6,8H2,(H2,22,23,26)/t12-/m0/s1. The molecule has 10 heteroatoms. The normalized spacial score (nSPS) is 16.9. The number of alkyl halides is 3. The molecule has 0 bridgehead atoms. The Morgan fingerprint density at radius 1 is 1.27 bits per heavy atom. The van der Waals surface area contributed by atoms with Crippen LogP contribution in [0.25, 0.3) is 0 Å². The van der Waals surface area contributed by atoms with E-state index in [1.807, 2.05) is 0 Å². The number of aryl methyl sites for hydroxylation is 1. The summed E-state index contributed by atoms with van der Waals surface area (Å²) in [5.74, 6) is -1.86. The average molecular weight is 374 g/mol. The number of rotatable bonds is 3. The highest BCUT2D eigenvalue weighted by Gasteiger charge is 2.31. The van der Waals surface area contributed by atoms with Crippen LogP contribution in [0.1, 0.15) is 30.1 Å². The van der Waals surface area contributed by atoms with Gasteiger partial charge in [-0.05, 0) is 37.0 Å². The fourth-order valence-electron chi connectivity index (χ4n) is 2.93. The molecule has 0 spiro atoms. The Morgan fingerprint density at radius 3 is 2.62 bits per heavy atom. The van der Waals surface area contributed by atoms with Crippen molar-refractivity contribution in [1.82, 2.24) is 15.1 Å². The Morgan fingerprint density at radius 2 is 1.96 bits per heavy atom. The van der Waals surface area contributed by atoms with Gasteiger partial charge in [-0.3, -0.25) is 4.68 Å². The van der Waals surface area contributed by atoms with Crippen LogP contribution in [0.15, 0.2) is 24.4 Å². The Hall–Kier alpha value is -2.65. The van der Waals surface area contributed by atoms with E-state index in [2.05, 4.69) is 15.7 Å². The summed E-state index contributed by atoms with van der Waals surface area (Å²) in [4.78, 5) is 12.1. The summed E-state index contributed by atoms with van der Waals surface area (Å²) < 4.78 is 65.5. The maximum absolute atomic E-state index is 13.6. The fraction of sp³-hybridized carbons (Fsp3) is 0.375. The molecule has 5 nitrogen and oxygen atoms in total. The summed E-state index contributed by atoms with van der Waals surface area (Å²) >= 11 is 0. The molecule has 0 saturated heterocycles. The molecule has 2 aromatic rings. The second kappa shape index (κ2) is 6.93. The number of hydrogen-bond donors (Lipinski definition) is 2. The van der Waals surface area contributed by atoms with E-state index in [1.165, 1.54) is 6.20 Å². The zero-order valence-corrected chi connectivity index (χ0v) is 13.4. The number of halogens is 5. The Kier molecular flexibility index (Phi) is 4.84. The lowest BCUT2D eigenvalue weighted by Crippen LogP contribution is -2.35. The number of carbonyl (C=O) groups is 1. The van der Waals surface area contributed by atoms with Crippen molar-refractivity contribution >= 4 is 11.7 Å². The van der Waals surface area contributed by atoms with Crippen LogP contribution in [0, 0.1) is 11.6 Å². The van der Waals surface area contributed by atoms with Gasteiger partial charge in [-0.25, -0.2) is 13.6 Å². The van der Waals surface area contributed by atoms with Gasteiger partial charge in [0.2, 0.25) is 0 Å². The molecule has 1 aromatic heterocycles. The van der Waals surface area contributed by atoms with E-state index in [0.717, 1.165) is 22.9 Å². The number of hydrogen-bond acceptors (Lipinski definition) is 2. The summed E-state index contributed by atoms with van der Waals surface area (Å²) in [6.45, 7) is -1.22. The molecule has 2 N–H and O–H groups in total. The molecule has 140 valence electrons. The van der Waals surface area contributed by atoms with Crippen LogP contribution in [-0.2, 0) is 13.0 Å². The predicted octanol–water partition coefficient (Wildman–Crippen LogP) is 3.92. The lowest BCUT2D eigenvalue weighted by Gasteiger charge is -2.22. The van der Waals surface area contributed by atoms with Crippen molar-refractivity contribution in [3.05, 3.63) is 47.3 Å². The molecule has 0 aliphatic heterocycles. The number of nitrogens with one attached hydrogen (secondary N) is 2. The molecule has 0 fully saturated rings. The highest BCUT2D eigenvalue weighted by Crippen LogP contribution is 2.30. The van der Waals surface area contributed by atoms with Gasteiger partial charge in [0.1, 0.15) is 23.9 Å². The molecule has 26 heavy (non-hydrogen) atoms. The third-order valence-electron chi connectivity index (χ3n) is 3.99. The number of anilines is 1. The smallest absolute Gasteiger partial charge is 0.329 e. The van der Waals surface area contributed by atoms with Crippen LogP contribution >= 0.6 is 0 Å². The lowest BCUT2D eigenvalue weighted by atomic mass is 9.94. The molecule has 3 rings (SSSR count). The molecule has 1 aromatic carbocycles. The summed E-state index contributed by atoms with van der Waals surface area (Å²) in [7, 11) is 0. The minimum atomic E-state index is -4.41.